The lowest BCUT2D eigenvalue weighted by Crippen LogP contribution is -2.35. The molecule has 1 N–H and O–H groups in total. The molecule has 9 nitrogen and oxygen atoms in total. The molecule has 6 rings (SSSR count). The molecule has 4 aromatic rings. The zero-order chi connectivity index (χ0) is 27.8. The molecule has 1 aliphatic heterocycles. The zero-order valence-corrected chi connectivity index (χ0v) is 22.5. The summed E-state index contributed by atoms with van der Waals surface area (Å²) in [4.78, 5) is 27.8. The molecule has 0 fully saturated rings. The van der Waals surface area contributed by atoms with Gasteiger partial charge < -0.3 is 14.8 Å². The first-order valence-electron chi connectivity index (χ1n) is 13.2. The SMILES string of the molecule is CCOC(=O)C1=C(C)Nc2c(c3nnc(C4C=CC=C(OC)C4)n3c(=O)n2-c2ccccc2)C1c1ccccc1. The van der Waals surface area contributed by atoms with E-state index in [0.29, 0.717) is 46.2 Å². The Hall–Kier alpha value is -4.92. The fourth-order valence-corrected chi connectivity index (χ4v) is 5.57. The van der Waals surface area contributed by atoms with Crippen LogP contribution in [-0.2, 0) is 14.3 Å². The molecule has 2 aromatic heterocycles. The molecule has 2 atom stereocenters. The van der Waals surface area contributed by atoms with Gasteiger partial charge in [0.15, 0.2) is 5.65 Å². The number of benzene rings is 2. The van der Waals surface area contributed by atoms with E-state index in [1.54, 1.807) is 23.0 Å². The molecule has 3 heterocycles. The molecule has 0 radical (unpaired) electrons. The van der Waals surface area contributed by atoms with Crippen LogP contribution in [0.1, 0.15) is 49.1 Å². The van der Waals surface area contributed by atoms with E-state index >= 15 is 0 Å². The number of ether oxygens (including phenoxy) is 2. The molecular weight excluding hydrogens is 506 g/mol. The van der Waals surface area contributed by atoms with Gasteiger partial charge in [0, 0.05) is 18.0 Å². The van der Waals surface area contributed by atoms with Crippen LogP contribution in [0.15, 0.2) is 101 Å². The maximum Gasteiger partial charge on any atom is 0.341 e. The number of anilines is 1. The number of hydrogen-bond acceptors (Lipinski definition) is 7. The number of allylic oxidation sites excluding steroid dienone is 5. The van der Waals surface area contributed by atoms with Crippen LogP contribution in [0.25, 0.3) is 11.3 Å². The van der Waals surface area contributed by atoms with Crippen molar-refractivity contribution in [2.45, 2.75) is 32.1 Å². The van der Waals surface area contributed by atoms with E-state index in [1.807, 2.05) is 85.8 Å². The van der Waals surface area contributed by atoms with Crippen LogP contribution >= 0.6 is 0 Å². The van der Waals surface area contributed by atoms with Crippen LogP contribution in [-0.4, -0.2) is 38.9 Å². The second kappa shape index (κ2) is 10.3. The molecule has 0 bridgehead atoms. The molecule has 0 saturated carbocycles. The Bertz CT molecular complexity index is 1750. The van der Waals surface area contributed by atoms with Gasteiger partial charge in [0.05, 0.1) is 42.2 Å². The minimum atomic E-state index is -0.553. The summed E-state index contributed by atoms with van der Waals surface area (Å²) in [5, 5.41) is 12.5. The van der Waals surface area contributed by atoms with Gasteiger partial charge in [-0.15, -0.1) is 10.2 Å². The van der Waals surface area contributed by atoms with Gasteiger partial charge in [-0.25, -0.2) is 18.6 Å². The number of methoxy groups -OCH3 is 1. The number of fused-ring (bicyclic) bond motifs is 3. The Morgan fingerprint density at radius 3 is 2.50 bits per heavy atom. The summed E-state index contributed by atoms with van der Waals surface area (Å²) in [5.74, 6) is 0.632. The monoisotopic (exact) mass is 535 g/mol. The van der Waals surface area contributed by atoms with Gasteiger partial charge in [-0.3, -0.25) is 0 Å². The lowest BCUT2D eigenvalue weighted by atomic mass is 9.82. The van der Waals surface area contributed by atoms with E-state index in [-0.39, 0.29) is 18.2 Å². The van der Waals surface area contributed by atoms with Crippen molar-refractivity contribution in [1.82, 2.24) is 19.2 Å². The van der Waals surface area contributed by atoms with E-state index in [1.165, 1.54) is 0 Å². The van der Waals surface area contributed by atoms with Gasteiger partial charge in [0.2, 0.25) is 0 Å². The summed E-state index contributed by atoms with van der Waals surface area (Å²) < 4.78 is 14.2. The maximum absolute atomic E-state index is 14.4. The highest BCUT2D eigenvalue weighted by atomic mass is 16.5. The molecule has 202 valence electrons. The predicted octanol–water partition coefficient (Wildman–Crippen LogP) is 4.85. The maximum atomic E-state index is 14.4. The minimum absolute atomic E-state index is 0.224. The average molecular weight is 536 g/mol. The average Bonchev–Trinajstić information content (AvgIpc) is 3.43. The van der Waals surface area contributed by atoms with Crippen molar-refractivity contribution in [3.05, 3.63) is 123 Å². The summed E-state index contributed by atoms with van der Waals surface area (Å²) in [6, 6.07) is 19.2. The van der Waals surface area contributed by atoms with Crippen LogP contribution in [0.2, 0.25) is 0 Å². The number of nitrogens with zero attached hydrogens (tertiary/aromatic N) is 4. The van der Waals surface area contributed by atoms with Crippen LogP contribution < -0.4 is 11.0 Å². The zero-order valence-electron chi connectivity index (χ0n) is 22.5. The number of esters is 1. The molecule has 2 aromatic carbocycles. The Kier molecular flexibility index (Phi) is 6.55. The number of aromatic nitrogens is 4. The normalized spacial score (nSPS) is 18.2. The highest BCUT2D eigenvalue weighted by molar-refractivity contribution is 5.95. The Morgan fingerprint density at radius 1 is 1.07 bits per heavy atom. The predicted molar refractivity (Wildman–Crippen MR) is 151 cm³/mol. The molecule has 1 aliphatic carbocycles. The van der Waals surface area contributed by atoms with Gasteiger partial charge in [0.25, 0.3) is 0 Å². The van der Waals surface area contributed by atoms with E-state index < -0.39 is 11.9 Å². The van der Waals surface area contributed by atoms with E-state index in [2.05, 4.69) is 15.5 Å². The Balaban J connectivity index is 1.70. The molecule has 2 unspecified atom stereocenters. The molecule has 2 aliphatic rings. The first-order chi connectivity index (χ1) is 19.5. The highest BCUT2D eigenvalue weighted by Gasteiger charge is 2.39. The Labute approximate surface area is 231 Å². The smallest absolute Gasteiger partial charge is 0.341 e. The van der Waals surface area contributed by atoms with Crippen molar-refractivity contribution in [2.24, 2.45) is 0 Å². The molecule has 9 heteroatoms. The van der Waals surface area contributed by atoms with Crippen LogP contribution in [0, 0.1) is 0 Å². The van der Waals surface area contributed by atoms with Crippen LogP contribution in [0.4, 0.5) is 5.82 Å². The van der Waals surface area contributed by atoms with E-state index in [0.717, 1.165) is 11.3 Å². The van der Waals surface area contributed by atoms with E-state index in [9.17, 15) is 9.59 Å². The number of carbonyl (C=O) groups is 1. The highest BCUT2D eigenvalue weighted by Crippen LogP contribution is 2.44. The number of nitrogens with one attached hydrogen (secondary N) is 1. The summed E-state index contributed by atoms with van der Waals surface area (Å²) in [7, 11) is 1.63. The van der Waals surface area contributed by atoms with Crippen molar-refractivity contribution >= 4 is 17.4 Å². The molecule has 0 amide bonds. The third-order valence-electron chi connectivity index (χ3n) is 7.36. The number of para-hydroxylation sites is 1. The van der Waals surface area contributed by atoms with E-state index in [4.69, 9.17) is 9.47 Å². The molecule has 0 spiro atoms. The third kappa shape index (κ3) is 4.10. The van der Waals surface area contributed by atoms with Crippen molar-refractivity contribution < 1.29 is 14.3 Å². The van der Waals surface area contributed by atoms with Gasteiger partial charge >= 0.3 is 11.7 Å². The first kappa shape index (κ1) is 25.4. The second-order valence-electron chi connectivity index (χ2n) is 9.69. The fraction of sp³-hybridized carbons (Fsp3) is 0.226. The molecular formula is C31H29N5O4. The van der Waals surface area contributed by atoms with Gasteiger partial charge in [0.1, 0.15) is 11.6 Å². The minimum Gasteiger partial charge on any atom is -0.501 e. The van der Waals surface area contributed by atoms with Crippen molar-refractivity contribution in [2.75, 3.05) is 19.0 Å². The first-order valence-corrected chi connectivity index (χ1v) is 13.2. The Morgan fingerprint density at radius 2 is 1.80 bits per heavy atom. The fourth-order valence-electron chi connectivity index (χ4n) is 5.57. The van der Waals surface area contributed by atoms with Gasteiger partial charge in [-0.05, 0) is 37.6 Å². The third-order valence-corrected chi connectivity index (χ3v) is 7.36. The van der Waals surface area contributed by atoms with Gasteiger partial charge in [-0.1, -0.05) is 60.7 Å². The number of rotatable bonds is 6. The van der Waals surface area contributed by atoms with Crippen molar-refractivity contribution in [3.8, 4) is 5.69 Å². The summed E-state index contributed by atoms with van der Waals surface area (Å²) >= 11 is 0. The summed E-state index contributed by atoms with van der Waals surface area (Å²) in [5.41, 5.74) is 3.37. The summed E-state index contributed by atoms with van der Waals surface area (Å²) in [6.45, 7) is 3.85. The standard InChI is InChI=1S/C31H29N5O4/c1-4-40-30(37)24-19(2)32-28-26(25(24)20-12-7-5-8-13-20)29-34-33-27(21-14-11-17-23(18-21)39-3)36(29)31(38)35(28)22-15-9-6-10-16-22/h5-17,21,25,32H,4,18H2,1-3H3. The number of carbonyl (C=O) groups excluding carboxylic acids is 1. The van der Waals surface area contributed by atoms with Crippen molar-refractivity contribution in [3.63, 3.8) is 0 Å². The largest absolute Gasteiger partial charge is 0.501 e. The van der Waals surface area contributed by atoms with Gasteiger partial charge in [-0.2, -0.15) is 0 Å². The van der Waals surface area contributed by atoms with Crippen molar-refractivity contribution in [1.29, 1.82) is 0 Å². The topological polar surface area (TPSA) is 99.8 Å². The van der Waals surface area contributed by atoms with Crippen LogP contribution in [0.5, 0.6) is 0 Å². The van der Waals surface area contributed by atoms with Crippen LogP contribution in [0.3, 0.4) is 0 Å². The summed E-state index contributed by atoms with van der Waals surface area (Å²) in [6.07, 6.45) is 6.34. The lowest BCUT2D eigenvalue weighted by molar-refractivity contribution is -0.138. The second-order valence-corrected chi connectivity index (χ2v) is 9.69. The molecule has 40 heavy (non-hydrogen) atoms. The lowest BCUT2D eigenvalue weighted by Gasteiger charge is -2.32. The number of hydrogen-bond donors (Lipinski definition) is 1. The quantitative estimate of drug-likeness (QED) is 0.353. The molecule has 0 saturated heterocycles.